The van der Waals surface area contributed by atoms with E-state index in [0.29, 0.717) is 40.6 Å². The normalized spacial score (nSPS) is 12.9. The average Bonchev–Trinajstić information content (AvgIpc) is 3.33. The molecule has 28 heavy (non-hydrogen) atoms. The summed E-state index contributed by atoms with van der Waals surface area (Å²) in [5, 5.41) is 2.84. The molecule has 7 nitrogen and oxygen atoms in total. The van der Waals surface area contributed by atoms with Crippen molar-refractivity contribution in [3.63, 3.8) is 0 Å². The number of nitrogens with one attached hydrogen (secondary N) is 2. The molecule has 4 aromatic rings. The van der Waals surface area contributed by atoms with Gasteiger partial charge in [-0.15, -0.1) is 11.3 Å². The highest BCUT2D eigenvalue weighted by Gasteiger charge is 2.15. The molecule has 0 atom stereocenters. The number of ether oxygens (including phenoxy) is 2. The molecule has 0 radical (unpaired) electrons. The predicted octanol–water partition coefficient (Wildman–Crippen LogP) is 3.87. The lowest BCUT2D eigenvalue weighted by atomic mass is 10.1. The van der Waals surface area contributed by atoms with Gasteiger partial charge in [0.25, 0.3) is 5.91 Å². The van der Waals surface area contributed by atoms with E-state index in [-0.39, 0.29) is 5.91 Å². The van der Waals surface area contributed by atoms with E-state index < -0.39 is 5.76 Å². The van der Waals surface area contributed by atoms with Crippen LogP contribution in [0.3, 0.4) is 0 Å². The second-order valence-corrected chi connectivity index (χ2v) is 7.29. The number of benzene rings is 2. The van der Waals surface area contributed by atoms with Crippen molar-refractivity contribution in [3.8, 4) is 21.9 Å². The van der Waals surface area contributed by atoms with Crippen molar-refractivity contribution in [2.45, 2.75) is 0 Å². The van der Waals surface area contributed by atoms with Crippen LogP contribution in [-0.4, -0.2) is 24.1 Å². The lowest BCUT2D eigenvalue weighted by Gasteiger charge is -2.18. The maximum absolute atomic E-state index is 12.6. The van der Waals surface area contributed by atoms with Crippen LogP contribution >= 0.6 is 11.3 Å². The Balaban J connectivity index is 1.37. The van der Waals surface area contributed by atoms with E-state index in [1.54, 1.807) is 24.3 Å². The minimum atomic E-state index is -0.527. The molecule has 0 aliphatic carbocycles. The SMILES string of the molecule is O=C(Nc1ccc2oc(=O)[nH]c2c1)c1ccc(-c2ccc3c(c2)OCCO3)s1. The number of carbonyl (C=O) groups excluding carboxylic acids is 1. The Morgan fingerprint density at radius 1 is 1.00 bits per heavy atom. The number of thiophene rings is 1. The molecule has 8 heteroatoms. The highest BCUT2D eigenvalue weighted by molar-refractivity contribution is 7.17. The predicted molar refractivity (Wildman–Crippen MR) is 106 cm³/mol. The molecule has 0 fully saturated rings. The second kappa shape index (κ2) is 6.58. The van der Waals surface area contributed by atoms with Gasteiger partial charge < -0.3 is 19.2 Å². The Kier molecular flexibility index (Phi) is 3.91. The first-order valence-corrected chi connectivity index (χ1v) is 9.41. The van der Waals surface area contributed by atoms with Gasteiger partial charge in [-0.25, -0.2) is 4.79 Å². The second-order valence-electron chi connectivity index (χ2n) is 6.20. The third-order valence-electron chi connectivity index (χ3n) is 4.33. The van der Waals surface area contributed by atoms with Gasteiger partial charge in [-0.05, 0) is 54.1 Å². The first-order chi connectivity index (χ1) is 13.7. The average molecular weight is 394 g/mol. The summed E-state index contributed by atoms with van der Waals surface area (Å²) in [4.78, 5) is 27.9. The smallest absolute Gasteiger partial charge is 0.417 e. The molecule has 2 aromatic carbocycles. The molecule has 0 unspecified atom stereocenters. The van der Waals surface area contributed by atoms with Crippen LogP contribution in [-0.2, 0) is 0 Å². The Labute approximate surface area is 162 Å². The quantitative estimate of drug-likeness (QED) is 0.550. The highest BCUT2D eigenvalue weighted by Crippen LogP contribution is 2.37. The van der Waals surface area contributed by atoms with E-state index in [2.05, 4.69) is 10.3 Å². The summed E-state index contributed by atoms with van der Waals surface area (Å²) >= 11 is 1.39. The number of anilines is 1. The molecule has 0 saturated carbocycles. The summed E-state index contributed by atoms with van der Waals surface area (Å²) in [6.45, 7) is 1.08. The third-order valence-corrected chi connectivity index (χ3v) is 5.47. The standard InChI is InChI=1S/C20H14N2O5S/c23-19(21-12-2-4-14-13(10-12)22-20(24)27-14)18-6-5-17(28-18)11-1-3-15-16(9-11)26-8-7-25-15/h1-6,9-10H,7-8H2,(H,21,23)(H,22,24). The first-order valence-electron chi connectivity index (χ1n) is 8.60. The number of carbonyl (C=O) groups is 1. The Morgan fingerprint density at radius 3 is 2.75 bits per heavy atom. The van der Waals surface area contributed by atoms with Crippen molar-refractivity contribution in [1.82, 2.24) is 4.98 Å². The van der Waals surface area contributed by atoms with E-state index in [4.69, 9.17) is 13.9 Å². The third kappa shape index (κ3) is 3.03. The number of H-pyrrole nitrogens is 1. The molecule has 2 N–H and O–H groups in total. The first kappa shape index (κ1) is 16.6. The van der Waals surface area contributed by atoms with Crippen LogP contribution in [0.25, 0.3) is 21.5 Å². The van der Waals surface area contributed by atoms with Crippen LogP contribution in [0.15, 0.2) is 57.7 Å². The van der Waals surface area contributed by atoms with Crippen molar-refractivity contribution in [1.29, 1.82) is 0 Å². The lowest BCUT2D eigenvalue weighted by Crippen LogP contribution is -2.15. The van der Waals surface area contributed by atoms with Crippen molar-refractivity contribution < 1.29 is 18.7 Å². The van der Waals surface area contributed by atoms with Crippen LogP contribution in [0.5, 0.6) is 11.5 Å². The number of amides is 1. The highest BCUT2D eigenvalue weighted by atomic mass is 32.1. The molecule has 1 amide bonds. The van der Waals surface area contributed by atoms with Gasteiger partial charge >= 0.3 is 5.76 Å². The molecule has 0 bridgehead atoms. The van der Waals surface area contributed by atoms with Gasteiger partial charge in [0.2, 0.25) is 0 Å². The summed E-state index contributed by atoms with van der Waals surface area (Å²) in [5.74, 6) is 0.697. The maximum Gasteiger partial charge on any atom is 0.417 e. The van der Waals surface area contributed by atoms with Crippen LogP contribution in [0.1, 0.15) is 9.67 Å². The van der Waals surface area contributed by atoms with Crippen LogP contribution in [0.2, 0.25) is 0 Å². The Morgan fingerprint density at radius 2 is 1.86 bits per heavy atom. The Bertz CT molecular complexity index is 1250. The van der Waals surface area contributed by atoms with Gasteiger partial charge in [0.15, 0.2) is 17.1 Å². The number of aromatic nitrogens is 1. The molecule has 1 aliphatic rings. The van der Waals surface area contributed by atoms with Gasteiger partial charge in [0.1, 0.15) is 13.2 Å². The van der Waals surface area contributed by atoms with Gasteiger partial charge in [0.05, 0.1) is 10.4 Å². The summed E-state index contributed by atoms with van der Waals surface area (Å²) in [5.41, 5.74) is 2.51. The minimum Gasteiger partial charge on any atom is -0.486 e. The van der Waals surface area contributed by atoms with Crippen molar-refractivity contribution >= 4 is 34.0 Å². The van der Waals surface area contributed by atoms with Crippen molar-refractivity contribution in [3.05, 3.63) is 64.0 Å². The summed E-state index contributed by atoms with van der Waals surface area (Å²) in [6.07, 6.45) is 0. The fourth-order valence-electron chi connectivity index (χ4n) is 3.03. The fourth-order valence-corrected chi connectivity index (χ4v) is 3.93. The van der Waals surface area contributed by atoms with Crippen LogP contribution in [0.4, 0.5) is 5.69 Å². The number of hydrogen-bond acceptors (Lipinski definition) is 6. The number of rotatable bonds is 3. The van der Waals surface area contributed by atoms with E-state index in [1.165, 1.54) is 11.3 Å². The number of aromatic amines is 1. The zero-order valence-electron chi connectivity index (χ0n) is 14.5. The zero-order valence-corrected chi connectivity index (χ0v) is 15.3. The topological polar surface area (TPSA) is 93.6 Å². The van der Waals surface area contributed by atoms with Crippen LogP contribution < -0.4 is 20.5 Å². The van der Waals surface area contributed by atoms with Gasteiger partial charge in [-0.1, -0.05) is 0 Å². The monoisotopic (exact) mass is 394 g/mol. The van der Waals surface area contributed by atoms with E-state index in [9.17, 15) is 9.59 Å². The van der Waals surface area contributed by atoms with Gasteiger partial charge in [0, 0.05) is 10.6 Å². The molecular weight excluding hydrogens is 380 g/mol. The van der Waals surface area contributed by atoms with Gasteiger partial charge in [-0.2, -0.15) is 0 Å². The van der Waals surface area contributed by atoms with Crippen molar-refractivity contribution in [2.24, 2.45) is 0 Å². The number of fused-ring (bicyclic) bond motifs is 2. The number of hydrogen-bond donors (Lipinski definition) is 2. The number of oxazole rings is 1. The maximum atomic E-state index is 12.6. The van der Waals surface area contributed by atoms with Gasteiger partial charge in [-0.3, -0.25) is 9.78 Å². The van der Waals surface area contributed by atoms with Crippen LogP contribution in [0, 0.1) is 0 Å². The Hall–Kier alpha value is -3.52. The molecule has 5 rings (SSSR count). The van der Waals surface area contributed by atoms with E-state index in [0.717, 1.165) is 16.2 Å². The minimum absolute atomic E-state index is 0.223. The molecule has 0 spiro atoms. The molecule has 2 aromatic heterocycles. The summed E-state index contributed by atoms with van der Waals surface area (Å²) < 4.78 is 16.1. The van der Waals surface area contributed by atoms with Crippen molar-refractivity contribution in [2.75, 3.05) is 18.5 Å². The molecule has 1 aliphatic heterocycles. The molecule has 140 valence electrons. The largest absolute Gasteiger partial charge is 0.486 e. The summed E-state index contributed by atoms with van der Waals surface area (Å²) in [7, 11) is 0. The molecule has 3 heterocycles. The lowest BCUT2D eigenvalue weighted by molar-refractivity contribution is 0.103. The summed E-state index contributed by atoms with van der Waals surface area (Å²) in [6, 6.07) is 14.4. The van der Waals surface area contributed by atoms with E-state index in [1.807, 2.05) is 24.3 Å². The fraction of sp³-hybridized carbons (Fsp3) is 0.100. The zero-order chi connectivity index (χ0) is 19.1. The van der Waals surface area contributed by atoms with E-state index >= 15 is 0 Å². The molecule has 0 saturated heterocycles. The molecular formula is C20H14N2O5S.